The maximum absolute atomic E-state index is 11.8. The van der Waals surface area contributed by atoms with Crippen LogP contribution in [0.15, 0.2) is 12.2 Å². The highest BCUT2D eigenvalue weighted by atomic mass is 16.3. The Balaban J connectivity index is 1.42. The van der Waals surface area contributed by atoms with E-state index in [1.54, 1.807) is 0 Å². The van der Waals surface area contributed by atoms with E-state index in [1.165, 1.54) is 56.9 Å². The van der Waals surface area contributed by atoms with Crippen LogP contribution in [0, 0.1) is 50.7 Å². The number of hydrogen-bond donors (Lipinski definition) is 2. The Bertz CT molecular complexity index is 825. The van der Waals surface area contributed by atoms with Crippen molar-refractivity contribution in [1.29, 1.82) is 0 Å². The summed E-state index contributed by atoms with van der Waals surface area (Å²) in [4.78, 5) is 0. The molecule has 0 radical (unpaired) electrons. The average molecular weight is 457 g/mol. The van der Waals surface area contributed by atoms with Gasteiger partial charge in [-0.1, -0.05) is 53.7 Å². The Kier molecular flexibility index (Phi) is 5.25. The molecule has 0 bridgehead atoms. The van der Waals surface area contributed by atoms with E-state index < -0.39 is 5.60 Å². The summed E-state index contributed by atoms with van der Waals surface area (Å²) < 4.78 is 0. The first-order valence-corrected chi connectivity index (χ1v) is 14.3. The zero-order valence-corrected chi connectivity index (χ0v) is 22.8. The zero-order chi connectivity index (χ0) is 24.2. The molecule has 2 spiro atoms. The van der Waals surface area contributed by atoms with E-state index in [9.17, 15) is 10.2 Å². The van der Waals surface area contributed by atoms with Crippen LogP contribution in [-0.2, 0) is 0 Å². The predicted molar refractivity (Wildman–Crippen MR) is 137 cm³/mol. The summed E-state index contributed by atoms with van der Waals surface area (Å²) in [6, 6.07) is 0. The second-order valence-corrected chi connectivity index (χ2v) is 15.1. The van der Waals surface area contributed by atoms with Gasteiger partial charge in [0.1, 0.15) is 0 Å². The molecule has 5 saturated carbocycles. The summed E-state index contributed by atoms with van der Waals surface area (Å²) in [5.74, 6) is 2.39. The molecule has 0 aromatic rings. The maximum Gasteiger partial charge on any atom is 0.0656 e. The Morgan fingerprint density at radius 1 is 0.909 bits per heavy atom. The van der Waals surface area contributed by atoms with Crippen molar-refractivity contribution in [3.05, 3.63) is 12.2 Å². The quantitative estimate of drug-likeness (QED) is 0.420. The van der Waals surface area contributed by atoms with Crippen molar-refractivity contribution >= 4 is 0 Å². The Morgan fingerprint density at radius 3 is 2.21 bits per heavy atom. The predicted octanol–water partition coefficient (Wildman–Crippen LogP) is 7.53. The lowest BCUT2D eigenvalue weighted by molar-refractivity contribution is -0.174. The number of aliphatic hydroxyl groups is 2. The standard InChI is InChI=1S/C31H52O2/c1-20(2)21(3)11-15-29(8,33)23-12-14-27(6)24-10-9-22-26(4,5)25(32)13-16-30(22)19-31(24,30)18-17-28(23,27)7/h20,22-25,32-33H,3,9-19H2,1-2,4-8H3/t22-,23-,24+,25-,27-,28+,29-,30+,31-/m0/s1. The van der Waals surface area contributed by atoms with E-state index in [2.05, 4.69) is 55.0 Å². The van der Waals surface area contributed by atoms with Crippen LogP contribution in [0.2, 0.25) is 0 Å². The van der Waals surface area contributed by atoms with Gasteiger partial charge in [0, 0.05) is 0 Å². The largest absolute Gasteiger partial charge is 0.393 e. The molecular weight excluding hydrogens is 404 g/mol. The third-order valence-electron chi connectivity index (χ3n) is 13.6. The van der Waals surface area contributed by atoms with Crippen molar-refractivity contribution < 1.29 is 10.2 Å². The third kappa shape index (κ3) is 2.92. The van der Waals surface area contributed by atoms with Crippen LogP contribution in [0.5, 0.6) is 0 Å². The van der Waals surface area contributed by atoms with E-state index in [0.29, 0.717) is 34.0 Å². The van der Waals surface area contributed by atoms with Crippen LogP contribution < -0.4 is 0 Å². The smallest absolute Gasteiger partial charge is 0.0656 e. The monoisotopic (exact) mass is 456 g/mol. The molecule has 5 aliphatic carbocycles. The van der Waals surface area contributed by atoms with Gasteiger partial charge in [0.2, 0.25) is 0 Å². The lowest BCUT2D eigenvalue weighted by atomic mass is 9.41. The van der Waals surface area contributed by atoms with E-state index in [1.807, 2.05) is 0 Å². The minimum atomic E-state index is -0.607. The number of allylic oxidation sites excluding steroid dienone is 1. The van der Waals surface area contributed by atoms with Crippen molar-refractivity contribution in [2.45, 2.75) is 131 Å². The zero-order valence-electron chi connectivity index (χ0n) is 22.8. The molecule has 0 aromatic heterocycles. The van der Waals surface area contributed by atoms with Crippen LogP contribution in [-0.4, -0.2) is 21.9 Å². The SMILES string of the molecule is C=C(CC[C@](C)(O)[C@H]1CC[C@@]2(C)[C@H]3CC[C@H]4C(C)(C)[C@@H](O)CC[C@@]45C[C@@]35CC[C@]12C)C(C)C. The second-order valence-electron chi connectivity index (χ2n) is 15.1. The van der Waals surface area contributed by atoms with E-state index in [0.717, 1.165) is 25.2 Å². The first-order chi connectivity index (χ1) is 15.2. The molecule has 2 N–H and O–H groups in total. The lowest BCUT2D eigenvalue weighted by Gasteiger charge is -2.63. The fraction of sp³-hybridized carbons (Fsp3) is 0.935. The molecule has 2 heteroatoms. The molecule has 0 heterocycles. The molecule has 5 fully saturated rings. The normalized spacial score (nSPS) is 51.7. The van der Waals surface area contributed by atoms with Crippen LogP contribution in [0.25, 0.3) is 0 Å². The van der Waals surface area contributed by atoms with Crippen molar-refractivity contribution in [3.63, 3.8) is 0 Å². The first-order valence-electron chi connectivity index (χ1n) is 14.3. The second kappa shape index (κ2) is 7.12. The van der Waals surface area contributed by atoms with Crippen molar-refractivity contribution in [3.8, 4) is 0 Å². The van der Waals surface area contributed by atoms with Crippen LogP contribution >= 0.6 is 0 Å². The minimum Gasteiger partial charge on any atom is -0.393 e. The summed E-state index contributed by atoms with van der Waals surface area (Å²) in [5, 5.41) is 22.7. The van der Waals surface area contributed by atoms with Gasteiger partial charge in [-0.05, 0) is 128 Å². The van der Waals surface area contributed by atoms with Gasteiger partial charge in [0.15, 0.2) is 0 Å². The van der Waals surface area contributed by atoms with Gasteiger partial charge in [-0.2, -0.15) is 0 Å². The maximum atomic E-state index is 11.8. The molecule has 2 nitrogen and oxygen atoms in total. The fourth-order valence-corrected chi connectivity index (χ4v) is 11.2. The molecule has 0 aliphatic heterocycles. The van der Waals surface area contributed by atoms with E-state index in [4.69, 9.17) is 0 Å². The highest BCUT2D eigenvalue weighted by Gasteiger charge is 2.82. The lowest BCUT2D eigenvalue weighted by Crippen LogP contribution is -2.58. The van der Waals surface area contributed by atoms with Crippen LogP contribution in [0.4, 0.5) is 0 Å². The van der Waals surface area contributed by atoms with Crippen molar-refractivity contribution in [2.75, 3.05) is 0 Å². The van der Waals surface area contributed by atoms with Gasteiger partial charge in [-0.3, -0.25) is 0 Å². The molecule has 0 amide bonds. The highest BCUT2D eigenvalue weighted by Crippen LogP contribution is 2.89. The molecule has 9 atom stereocenters. The molecule has 33 heavy (non-hydrogen) atoms. The van der Waals surface area contributed by atoms with E-state index >= 15 is 0 Å². The number of fused-ring (bicyclic) bond motifs is 2. The number of hydrogen-bond acceptors (Lipinski definition) is 2. The first kappa shape index (κ1) is 24.4. The Labute approximate surface area is 204 Å². The van der Waals surface area contributed by atoms with Crippen molar-refractivity contribution in [2.24, 2.45) is 50.7 Å². The summed E-state index contributed by atoms with van der Waals surface area (Å²) in [6.07, 6.45) is 13.1. The molecule has 0 saturated heterocycles. The van der Waals surface area contributed by atoms with Gasteiger partial charge in [-0.25, -0.2) is 0 Å². The number of aliphatic hydroxyl groups excluding tert-OH is 1. The van der Waals surface area contributed by atoms with Gasteiger partial charge in [0.05, 0.1) is 11.7 Å². The molecule has 0 aromatic carbocycles. The summed E-state index contributed by atoms with van der Waals surface area (Å²) in [5.41, 5.74) is 2.32. The summed E-state index contributed by atoms with van der Waals surface area (Å²) in [6.45, 7) is 20.8. The van der Waals surface area contributed by atoms with Crippen LogP contribution in [0.1, 0.15) is 119 Å². The Hall–Kier alpha value is -0.340. The van der Waals surface area contributed by atoms with Crippen LogP contribution in [0.3, 0.4) is 0 Å². The molecule has 0 unspecified atom stereocenters. The van der Waals surface area contributed by atoms with Crippen molar-refractivity contribution in [1.82, 2.24) is 0 Å². The topological polar surface area (TPSA) is 40.5 Å². The molecular formula is C31H52O2. The van der Waals surface area contributed by atoms with Gasteiger partial charge in [0.25, 0.3) is 0 Å². The third-order valence-corrected chi connectivity index (χ3v) is 13.6. The number of rotatable bonds is 5. The molecule has 5 aliphatic rings. The minimum absolute atomic E-state index is 0.0646. The van der Waals surface area contributed by atoms with E-state index in [-0.39, 0.29) is 16.9 Å². The van der Waals surface area contributed by atoms with Gasteiger partial charge in [-0.15, -0.1) is 0 Å². The summed E-state index contributed by atoms with van der Waals surface area (Å²) in [7, 11) is 0. The van der Waals surface area contributed by atoms with Gasteiger partial charge >= 0.3 is 0 Å². The molecule has 188 valence electrons. The summed E-state index contributed by atoms with van der Waals surface area (Å²) >= 11 is 0. The Morgan fingerprint density at radius 2 is 1.55 bits per heavy atom. The highest BCUT2D eigenvalue weighted by molar-refractivity contribution is 5.31. The fourth-order valence-electron chi connectivity index (χ4n) is 11.2. The molecule has 5 rings (SSSR count). The van der Waals surface area contributed by atoms with Gasteiger partial charge < -0.3 is 10.2 Å². The average Bonchev–Trinajstić information content (AvgIpc) is 3.31.